The lowest BCUT2D eigenvalue weighted by atomic mass is 9.96. The number of hydrogen-bond acceptors (Lipinski definition) is 4. The van der Waals surface area contributed by atoms with E-state index in [0.717, 1.165) is 72.6 Å². The van der Waals surface area contributed by atoms with Gasteiger partial charge in [-0.25, -0.2) is 14.5 Å². The first-order valence-electron chi connectivity index (χ1n) is 18.8. The molecular weight excluding hydrogens is 701 g/mol. The normalized spacial score (nSPS) is 11.6. The van der Waals surface area contributed by atoms with E-state index in [1.165, 1.54) is 25.6 Å². The predicted octanol–water partition coefficient (Wildman–Crippen LogP) is 13.6. The van der Waals surface area contributed by atoms with Gasteiger partial charge in [-0.15, -0.1) is 11.3 Å². The number of aromatic nitrogens is 4. The molecule has 5 heteroatoms. The molecule has 4 aromatic heterocycles. The summed E-state index contributed by atoms with van der Waals surface area (Å²) >= 11 is 1.82. The van der Waals surface area contributed by atoms with Crippen molar-refractivity contribution in [3.63, 3.8) is 0 Å². The Hall–Kier alpha value is -7.21. The van der Waals surface area contributed by atoms with E-state index in [4.69, 9.17) is 15.1 Å². The minimum absolute atomic E-state index is 0.685. The van der Waals surface area contributed by atoms with E-state index in [1.54, 1.807) is 0 Å². The Labute approximate surface area is 327 Å². The molecule has 0 spiro atoms. The van der Waals surface area contributed by atoms with Crippen LogP contribution < -0.4 is 0 Å². The van der Waals surface area contributed by atoms with E-state index in [0.29, 0.717) is 5.82 Å². The van der Waals surface area contributed by atoms with Crippen LogP contribution in [0.4, 0.5) is 0 Å². The largest absolute Gasteiger partial charge is 0.231 e. The lowest BCUT2D eigenvalue weighted by molar-refractivity contribution is 0.979. The van der Waals surface area contributed by atoms with Gasteiger partial charge in [-0.3, -0.25) is 0 Å². The Morgan fingerprint density at radius 2 is 1.04 bits per heavy atom. The van der Waals surface area contributed by atoms with E-state index in [9.17, 15) is 0 Å². The first-order valence-corrected chi connectivity index (χ1v) is 19.6. The van der Waals surface area contributed by atoms with Gasteiger partial charge in [0.2, 0.25) is 0 Å². The molecule has 262 valence electrons. The molecule has 0 amide bonds. The molecule has 0 fully saturated rings. The molecule has 0 atom stereocenters. The molecule has 7 aromatic carbocycles. The summed E-state index contributed by atoms with van der Waals surface area (Å²) in [6.07, 6.45) is 0. The Balaban J connectivity index is 1.12. The summed E-state index contributed by atoms with van der Waals surface area (Å²) in [4.78, 5) is 10.5. The number of thiophene rings is 1. The molecule has 56 heavy (non-hydrogen) atoms. The number of hydrogen-bond donors (Lipinski definition) is 0. The zero-order valence-corrected chi connectivity index (χ0v) is 31.0. The molecule has 0 saturated heterocycles. The van der Waals surface area contributed by atoms with E-state index in [1.807, 2.05) is 17.4 Å². The summed E-state index contributed by atoms with van der Waals surface area (Å²) in [5, 5.41) is 10.2. The molecule has 0 aliphatic heterocycles. The fourth-order valence-corrected chi connectivity index (χ4v) is 9.15. The van der Waals surface area contributed by atoms with Crippen LogP contribution in [0, 0.1) is 0 Å². The molecule has 0 bridgehead atoms. The second-order valence-electron chi connectivity index (χ2n) is 14.0. The summed E-state index contributed by atoms with van der Waals surface area (Å²) < 4.78 is 4.66. The van der Waals surface area contributed by atoms with Crippen molar-refractivity contribution in [3.05, 3.63) is 194 Å². The van der Waals surface area contributed by atoms with Crippen LogP contribution in [0.15, 0.2) is 194 Å². The van der Waals surface area contributed by atoms with E-state index >= 15 is 0 Å². The summed E-state index contributed by atoms with van der Waals surface area (Å²) in [6.45, 7) is 0. The van der Waals surface area contributed by atoms with Gasteiger partial charge in [-0.05, 0) is 35.2 Å². The zero-order valence-electron chi connectivity index (χ0n) is 30.2. The van der Waals surface area contributed by atoms with Crippen molar-refractivity contribution in [1.82, 2.24) is 19.6 Å². The number of pyridine rings is 1. The van der Waals surface area contributed by atoms with Crippen molar-refractivity contribution in [3.8, 4) is 67.5 Å². The van der Waals surface area contributed by atoms with Crippen molar-refractivity contribution in [2.24, 2.45) is 0 Å². The first-order chi connectivity index (χ1) is 27.8. The lowest BCUT2D eigenvalue weighted by Crippen LogP contribution is -1.96. The van der Waals surface area contributed by atoms with Crippen LogP contribution in [-0.4, -0.2) is 19.6 Å². The standard InChI is InChI=1S/C51H32N4S/c1-4-15-33(16-5-1)42-32-43(40-24-14-26-46-48(40)41-23-12-13-25-45(41)56-46)53-51(52-42)37-29-27-35(28-30-37)47-49(36-19-8-3-9-20-36)54-55-44(34-17-6-2-7-18-34)31-38-21-10-11-22-39(38)50(47)55/h1-32H. The summed E-state index contributed by atoms with van der Waals surface area (Å²) in [5.74, 6) is 0.685. The summed E-state index contributed by atoms with van der Waals surface area (Å²) in [7, 11) is 0. The Morgan fingerprint density at radius 3 is 1.80 bits per heavy atom. The third-order valence-corrected chi connectivity index (χ3v) is 11.8. The molecule has 11 aromatic rings. The van der Waals surface area contributed by atoms with Gasteiger partial charge < -0.3 is 0 Å². The number of nitrogens with zero attached hydrogens (tertiary/aromatic N) is 4. The highest BCUT2D eigenvalue weighted by Gasteiger charge is 2.22. The van der Waals surface area contributed by atoms with Crippen LogP contribution in [0.2, 0.25) is 0 Å². The highest BCUT2D eigenvalue weighted by atomic mass is 32.1. The topological polar surface area (TPSA) is 43.1 Å². The molecule has 0 radical (unpaired) electrons. The first kappa shape index (κ1) is 32.2. The van der Waals surface area contributed by atoms with Crippen molar-refractivity contribution in [1.29, 1.82) is 0 Å². The molecule has 0 aliphatic rings. The maximum atomic E-state index is 5.39. The van der Waals surface area contributed by atoms with Gasteiger partial charge >= 0.3 is 0 Å². The fraction of sp³-hybridized carbons (Fsp3) is 0. The van der Waals surface area contributed by atoms with Gasteiger partial charge in [0, 0.05) is 58.9 Å². The minimum atomic E-state index is 0.685. The SMILES string of the molecule is c1ccc(-c2cc(-c3cccc4sc5ccccc5c34)nc(-c3ccc(-c4c(-c5ccccc5)nn5c(-c6ccccc6)cc6ccccc6c45)cc3)n2)cc1. The number of benzene rings is 7. The molecule has 0 N–H and O–H groups in total. The smallest absolute Gasteiger partial charge is 0.160 e. The second kappa shape index (κ2) is 13.3. The fourth-order valence-electron chi connectivity index (χ4n) is 8.02. The Kier molecular flexibility index (Phi) is 7.64. The highest BCUT2D eigenvalue weighted by Crippen LogP contribution is 2.43. The van der Waals surface area contributed by atoms with E-state index in [-0.39, 0.29) is 0 Å². The summed E-state index contributed by atoms with van der Waals surface area (Å²) in [5.41, 5.74) is 12.3. The maximum absolute atomic E-state index is 5.39. The average Bonchev–Trinajstić information content (AvgIpc) is 3.87. The molecule has 11 rings (SSSR count). The second-order valence-corrected chi connectivity index (χ2v) is 15.1. The van der Waals surface area contributed by atoms with Crippen LogP contribution in [0.5, 0.6) is 0 Å². The average molecular weight is 733 g/mol. The summed E-state index contributed by atoms with van der Waals surface area (Å²) in [6, 6.07) is 68.3. The van der Waals surface area contributed by atoms with Gasteiger partial charge in [0.1, 0.15) is 5.69 Å². The number of fused-ring (bicyclic) bond motifs is 6. The Morgan fingerprint density at radius 1 is 0.429 bits per heavy atom. The maximum Gasteiger partial charge on any atom is 0.160 e. The van der Waals surface area contributed by atoms with Crippen LogP contribution in [0.1, 0.15) is 0 Å². The van der Waals surface area contributed by atoms with E-state index < -0.39 is 0 Å². The third-order valence-electron chi connectivity index (χ3n) is 10.6. The van der Waals surface area contributed by atoms with Gasteiger partial charge in [-0.1, -0.05) is 170 Å². The van der Waals surface area contributed by atoms with Crippen LogP contribution in [0.3, 0.4) is 0 Å². The van der Waals surface area contributed by atoms with Gasteiger partial charge in [0.15, 0.2) is 5.82 Å². The van der Waals surface area contributed by atoms with Crippen molar-refractivity contribution >= 4 is 47.8 Å². The van der Waals surface area contributed by atoms with Crippen molar-refractivity contribution in [2.75, 3.05) is 0 Å². The monoisotopic (exact) mass is 732 g/mol. The molecule has 0 unspecified atom stereocenters. The van der Waals surface area contributed by atoms with Gasteiger partial charge in [0.05, 0.1) is 22.6 Å². The minimum Gasteiger partial charge on any atom is -0.231 e. The molecule has 0 saturated carbocycles. The van der Waals surface area contributed by atoms with Crippen molar-refractivity contribution < 1.29 is 0 Å². The van der Waals surface area contributed by atoms with Crippen LogP contribution in [-0.2, 0) is 0 Å². The predicted molar refractivity (Wildman–Crippen MR) is 234 cm³/mol. The lowest BCUT2D eigenvalue weighted by Gasteiger charge is -2.12. The molecule has 4 heterocycles. The van der Waals surface area contributed by atoms with Gasteiger partial charge in [0.25, 0.3) is 0 Å². The number of rotatable bonds is 6. The van der Waals surface area contributed by atoms with Crippen molar-refractivity contribution in [2.45, 2.75) is 0 Å². The Bertz CT molecular complexity index is 3220. The molecule has 0 aliphatic carbocycles. The van der Waals surface area contributed by atoms with Crippen LogP contribution in [0.25, 0.3) is 104 Å². The van der Waals surface area contributed by atoms with Crippen LogP contribution >= 0.6 is 11.3 Å². The third kappa shape index (κ3) is 5.40. The highest BCUT2D eigenvalue weighted by molar-refractivity contribution is 7.25. The molecular formula is C51H32N4S. The zero-order chi connectivity index (χ0) is 37.0. The van der Waals surface area contributed by atoms with E-state index in [2.05, 4.69) is 193 Å². The quantitative estimate of drug-likeness (QED) is 0.171. The van der Waals surface area contributed by atoms with Gasteiger partial charge in [-0.2, -0.15) is 5.10 Å². The molecule has 4 nitrogen and oxygen atoms in total.